The van der Waals surface area contributed by atoms with Crippen molar-refractivity contribution in [3.63, 3.8) is 0 Å². The number of nitrogens with one attached hydrogen (secondary N) is 3. The van der Waals surface area contributed by atoms with E-state index in [4.69, 9.17) is 0 Å². The van der Waals surface area contributed by atoms with Crippen molar-refractivity contribution in [1.82, 2.24) is 20.3 Å². The van der Waals surface area contributed by atoms with E-state index in [1.54, 1.807) is 25.2 Å². The van der Waals surface area contributed by atoms with Crippen LogP contribution in [0, 0.1) is 0 Å². The maximum atomic E-state index is 12.7. The molecule has 1 fully saturated rings. The topological polar surface area (TPSA) is 103 Å². The fourth-order valence-corrected chi connectivity index (χ4v) is 4.01. The van der Waals surface area contributed by atoms with E-state index < -0.39 is 15.5 Å². The predicted octanol–water partition coefficient (Wildman–Crippen LogP) is 1.42. The fourth-order valence-electron chi connectivity index (χ4n) is 3.03. The third kappa shape index (κ3) is 6.08. The Balaban J connectivity index is 1.99. The minimum absolute atomic E-state index is 0.202. The Kier molecular flexibility index (Phi) is 8.07. The van der Waals surface area contributed by atoms with Gasteiger partial charge in [0.2, 0.25) is 0 Å². The van der Waals surface area contributed by atoms with E-state index in [0.29, 0.717) is 28.9 Å². The first-order valence-electron chi connectivity index (χ1n) is 9.50. The van der Waals surface area contributed by atoms with Crippen LogP contribution in [0.5, 0.6) is 0 Å². The average Bonchev–Trinajstić information content (AvgIpc) is 2.71. The molecule has 0 saturated carbocycles. The van der Waals surface area contributed by atoms with Gasteiger partial charge in [-0.2, -0.15) is 17.5 Å². The average molecular weight is 449 g/mol. The van der Waals surface area contributed by atoms with Crippen LogP contribution in [0.2, 0.25) is 0 Å². The predicted molar refractivity (Wildman–Crippen MR) is 107 cm³/mol. The van der Waals surface area contributed by atoms with Crippen LogP contribution in [0.15, 0.2) is 29.3 Å². The van der Waals surface area contributed by atoms with Crippen LogP contribution in [0.1, 0.15) is 35.7 Å². The number of guanidine groups is 1. The molecule has 0 atom stereocenters. The molecule has 1 saturated heterocycles. The molecule has 0 aliphatic carbocycles. The third-order valence-electron chi connectivity index (χ3n) is 4.61. The molecule has 8 nitrogen and oxygen atoms in total. The Labute approximate surface area is 174 Å². The second-order valence-electron chi connectivity index (χ2n) is 6.74. The van der Waals surface area contributed by atoms with Gasteiger partial charge in [0.15, 0.2) is 5.96 Å². The van der Waals surface area contributed by atoms with Gasteiger partial charge in [-0.3, -0.25) is 4.79 Å². The molecule has 168 valence electrons. The molecule has 2 rings (SSSR count). The highest BCUT2D eigenvalue weighted by Crippen LogP contribution is 2.28. The lowest BCUT2D eigenvalue weighted by atomic mass is 10.1. The number of amides is 1. The van der Waals surface area contributed by atoms with Gasteiger partial charge in [0.05, 0.1) is 6.54 Å². The standard InChI is InChI=1S/C18H26F3N5O3S/c1-3-23-17(24-12-13-5-4-6-14(11-13)16(27)22-2)25-15-7-9-26(10-8-15)30(28,29)18(19,20)21/h4-6,11,15H,3,7-10,12H2,1-2H3,(H,22,27)(H2,23,24,25). The monoisotopic (exact) mass is 449 g/mol. The first-order chi connectivity index (χ1) is 14.1. The van der Waals surface area contributed by atoms with Crippen LogP contribution < -0.4 is 16.0 Å². The molecule has 1 amide bonds. The summed E-state index contributed by atoms with van der Waals surface area (Å²) in [6.07, 6.45) is 0.456. The summed E-state index contributed by atoms with van der Waals surface area (Å²) in [5, 5.41) is 8.76. The number of alkyl halides is 3. The Bertz CT molecular complexity index is 866. The molecule has 1 aliphatic heterocycles. The number of rotatable bonds is 6. The lowest BCUT2D eigenvalue weighted by Crippen LogP contribution is -2.51. The van der Waals surface area contributed by atoms with E-state index in [-0.39, 0.29) is 37.9 Å². The van der Waals surface area contributed by atoms with Gasteiger partial charge in [0.25, 0.3) is 5.91 Å². The Morgan fingerprint density at radius 1 is 1.27 bits per heavy atom. The number of sulfonamides is 1. The van der Waals surface area contributed by atoms with E-state index in [2.05, 4.69) is 20.9 Å². The van der Waals surface area contributed by atoms with E-state index in [1.165, 1.54) is 0 Å². The summed E-state index contributed by atoms with van der Waals surface area (Å²) in [7, 11) is -3.75. The first-order valence-corrected chi connectivity index (χ1v) is 10.9. The van der Waals surface area contributed by atoms with Crippen molar-refractivity contribution in [3.8, 4) is 0 Å². The molecule has 1 aromatic rings. The number of halogens is 3. The largest absolute Gasteiger partial charge is 0.511 e. The molecule has 12 heteroatoms. The maximum Gasteiger partial charge on any atom is 0.511 e. The number of nitrogens with zero attached hydrogens (tertiary/aromatic N) is 2. The molecule has 3 N–H and O–H groups in total. The lowest BCUT2D eigenvalue weighted by Gasteiger charge is -2.32. The highest BCUT2D eigenvalue weighted by molar-refractivity contribution is 7.90. The molecule has 0 spiro atoms. The van der Waals surface area contributed by atoms with Gasteiger partial charge in [-0.15, -0.1) is 0 Å². The zero-order chi connectivity index (χ0) is 22.4. The Morgan fingerprint density at radius 3 is 2.50 bits per heavy atom. The highest BCUT2D eigenvalue weighted by Gasteiger charge is 2.50. The van der Waals surface area contributed by atoms with Gasteiger partial charge in [-0.25, -0.2) is 13.4 Å². The van der Waals surface area contributed by atoms with Crippen LogP contribution in [0.3, 0.4) is 0 Å². The molecule has 30 heavy (non-hydrogen) atoms. The van der Waals surface area contributed by atoms with Gasteiger partial charge in [0, 0.05) is 38.3 Å². The Hall–Kier alpha value is -2.34. The first kappa shape index (κ1) is 23.9. The molecule has 0 bridgehead atoms. The molecular weight excluding hydrogens is 423 g/mol. The summed E-state index contributed by atoms with van der Waals surface area (Å²) >= 11 is 0. The van der Waals surface area contributed by atoms with Gasteiger partial charge >= 0.3 is 15.5 Å². The molecule has 0 unspecified atom stereocenters. The number of piperidine rings is 1. The van der Waals surface area contributed by atoms with E-state index in [1.807, 2.05) is 13.0 Å². The van der Waals surface area contributed by atoms with Crippen molar-refractivity contribution >= 4 is 21.9 Å². The second kappa shape index (κ2) is 10.1. The maximum absolute atomic E-state index is 12.7. The number of carbonyl (C=O) groups excluding carboxylic acids is 1. The van der Waals surface area contributed by atoms with Crippen molar-refractivity contribution < 1.29 is 26.4 Å². The fraction of sp³-hybridized carbons (Fsp3) is 0.556. The van der Waals surface area contributed by atoms with Crippen molar-refractivity contribution in [1.29, 1.82) is 0 Å². The van der Waals surface area contributed by atoms with Gasteiger partial charge < -0.3 is 16.0 Å². The SMILES string of the molecule is CCNC(=NCc1cccc(C(=O)NC)c1)NC1CCN(S(=O)(=O)C(F)(F)F)CC1. The number of carbonyl (C=O) groups is 1. The lowest BCUT2D eigenvalue weighted by molar-refractivity contribution is -0.0494. The van der Waals surface area contributed by atoms with Crippen LogP contribution in [-0.4, -0.2) is 62.8 Å². The van der Waals surface area contributed by atoms with Crippen molar-refractivity contribution in [2.45, 2.75) is 37.9 Å². The van der Waals surface area contributed by atoms with Crippen LogP contribution in [-0.2, 0) is 16.6 Å². The molecule has 1 aliphatic rings. The summed E-state index contributed by atoms with van der Waals surface area (Å²) < 4.78 is 61.6. The smallest absolute Gasteiger partial charge is 0.357 e. The van der Waals surface area contributed by atoms with Gasteiger partial charge in [-0.1, -0.05) is 12.1 Å². The minimum Gasteiger partial charge on any atom is -0.357 e. The van der Waals surface area contributed by atoms with Crippen molar-refractivity contribution in [3.05, 3.63) is 35.4 Å². The number of benzene rings is 1. The van der Waals surface area contributed by atoms with E-state index in [0.717, 1.165) is 5.56 Å². The van der Waals surface area contributed by atoms with Crippen molar-refractivity contribution in [2.75, 3.05) is 26.7 Å². The molecule has 1 heterocycles. The number of hydrogen-bond donors (Lipinski definition) is 3. The normalized spacial score (nSPS) is 16.9. The molecule has 0 aromatic heterocycles. The van der Waals surface area contributed by atoms with Crippen molar-refractivity contribution in [2.24, 2.45) is 4.99 Å². The summed E-state index contributed by atoms with van der Waals surface area (Å²) in [5.41, 5.74) is -3.95. The quantitative estimate of drug-likeness (QED) is 0.450. The summed E-state index contributed by atoms with van der Waals surface area (Å²) in [5.74, 6) is 0.270. The third-order valence-corrected chi connectivity index (χ3v) is 6.24. The van der Waals surface area contributed by atoms with Gasteiger partial charge in [-0.05, 0) is 37.5 Å². The molecule has 0 radical (unpaired) electrons. The summed E-state index contributed by atoms with van der Waals surface area (Å²) in [6.45, 7) is 2.31. The molecular formula is C18H26F3N5O3S. The van der Waals surface area contributed by atoms with Gasteiger partial charge in [0.1, 0.15) is 0 Å². The van der Waals surface area contributed by atoms with Crippen LogP contribution in [0.25, 0.3) is 0 Å². The zero-order valence-electron chi connectivity index (χ0n) is 16.8. The number of hydrogen-bond acceptors (Lipinski definition) is 4. The Morgan fingerprint density at radius 2 is 1.93 bits per heavy atom. The van der Waals surface area contributed by atoms with Crippen LogP contribution >= 0.6 is 0 Å². The minimum atomic E-state index is -5.29. The van der Waals surface area contributed by atoms with E-state index >= 15 is 0 Å². The zero-order valence-corrected chi connectivity index (χ0v) is 17.6. The molecule has 1 aromatic carbocycles. The number of aliphatic imine (C=N–C) groups is 1. The second-order valence-corrected chi connectivity index (χ2v) is 8.67. The highest BCUT2D eigenvalue weighted by atomic mass is 32.2. The van der Waals surface area contributed by atoms with Crippen LogP contribution in [0.4, 0.5) is 13.2 Å². The van der Waals surface area contributed by atoms with E-state index in [9.17, 15) is 26.4 Å². The summed E-state index contributed by atoms with van der Waals surface area (Å²) in [6, 6.07) is 6.80. The summed E-state index contributed by atoms with van der Waals surface area (Å²) in [4.78, 5) is 16.2.